The van der Waals surface area contributed by atoms with Gasteiger partial charge in [0.05, 0.1) is 0 Å². The number of rotatable bonds is 6. The first-order valence-corrected chi connectivity index (χ1v) is 9.93. The number of carbonyl (C=O) groups excluding carboxylic acids is 1. The van der Waals surface area contributed by atoms with Gasteiger partial charge in [-0.1, -0.05) is 19.8 Å². The summed E-state index contributed by atoms with van der Waals surface area (Å²) in [5.74, 6) is -0.283. The van der Waals surface area contributed by atoms with Gasteiger partial charge in [0.2, 0.25) is 5.91 Å². The highest BCUT2D eigenvalue weighted by molar-refractivity contribution is 7.92. The Bertz CT molecular complexity index is 483. The minimum Gasteiger partial charge on any atom is -0.354 e. The summed E-state index contributed by atoms with van der Waals surface area (Å²) >= 11 is 0. The van der Waals surface area contributed by atoms with Gasteiger partial charge in [-0.25, -0.2) is 8.42 Å². The molecule has 1 amide bonds. The third-order valence-electron chi connectivity index (χ3n) is 5.35. The van der Waals surface area contributed by atoms with E-state index in [1.807, 2.05) is 0 Å². The van der Waals surface area contributed by atoms with Crippen molar-refractivity contribution in [1.82, 2.24) is 10.6 Å². The molecule has 0 aromatic rings. The highest BCUT2D eigenvalue weighted by atomic mass is 35.5. The van der Waals surface area contributed by atoms with Crippen LogP contribution < -0.4 is 10.6 Å². The van der Waals surface area contributed by atoms with Crippen LogP contribution >= 0.6 is 12.4 Å². The number of amides is 1. The van der Waals surface area contributed by atoms with E-state index in [0.717, 1.165) is 25.7 Å². The normalized spacial score (nSPS) is 23.0. The molecule has 1 heterocycles. The van der Waals surface area contributed by atoms with Crippen LogP contribution in [0.15, 0.2) is 0 Å². The van der Waals surface area contributed by atoms with Crippen LogP contribution in [-0.2, 0) is 14.6 Å². The first-order chi connectivity index (χ1) is 9.85. The molecule has 0 unspecified atom stereocenters. The molecule has 0 spiro atoms. The third kappa shape index (κ3) is 3.77. The van der Waals surface area contributed by atoms with Gasteiger partial charge < -0.3 is 10.6 Å². The molecule has 1 aliphatic carbocycles. The average Bonchev–Trinajstić information content (AvgIpc) is 2.41. The Balaban J connectivity index is 0.00000242. The maximum atomic E-state index is 12.6. The second-order valence-corrected chi connectivity index (χ2v) is 9.13. The molecular formula is C15H29ClN2O3S. The van der Waals surface area contributed by atoms with Gasteiger partial charge in [0.25, 0.3) is 0 Å². The second kappa shape index (κ2) is 7.49. The van der Waals surface area contributed by atoms with Crippen molar-refractivity contribution < 1.29 is 13.2 Å². The highest BCUT2D eigenvalue weighted by Gasteiger charge is 2.49. The monoisotopic (exact) mass is 352 g/mol. The Morgan fingerprint density at radius 3 is 2.18 bits per heavy atom. The van der Waals surface area contributed by atoms with Crippen molar-refractivity contribution in [1.29, 1.82) is 0 Å². The van der Waals surface area contributed by atoms with Gasteiger partial charge >= 0.3 is 0 Å². The van der Waals surface area contributed by atoms with Crippen molar-refractivity contribution >= 4 is 28.2 Å². The summed E-state index contributed by atoms with van der Waals surface area (Å²) < 4.78 is 23.2. The molecule has 0 bridgehead atoms. The standard InChI is InChI=1S/C15H28N2O3S.ClH/c1-3-5-14(6-4-7-14)12-17-13(18)15(21(2,19)20)8-10-16-11-9-15;/h16H,3-12H2,1-2H3,(H,17,18);1H. The lowest BCUT2D eigenvalue weighted by Gasteiger charge is -2.43. The molecule has 5 nitrogen and oxygen atoms in total. The number of nitrogens with one attached hydrogen (secondary N) is 2. The maximum Gasteiger partial charge on any atom is 0.241 e. The minimum absolute atomic E-state index is 0. The topological polar surface area (TPSA) is 75.3 Å². The smallest absolute Gasteiger partial charge is 0.241 e. The lowest BCUT2D eigenvalue weighted by atomic mass is 9.66. The summed E-state index contributed by atoms with van der Waals surface area (Å²) in [7, 11) is -3.41. The van der Waals surface area contributed by atoms with Crippen molar-refractivity contribution in [2.24, 2.45) is 5.41 Å². The van der Waals surface area contributed by atoms with Crippen LogP contribution in [0.3, 0.4) is 0 Å². The van der Waals surface area contributed by atoms with Crippen LogP contribution in [0.5, 0.6) is 0 Å². The molecule has 1 aliphatic heterocycles. The highest BCUT2D eigenvalue weighted by Crippen LogP contribution is 2.44. The minimum atomic E-state index is -3.41. The molecule has 0 aromatic heterocycles. The van der Waals surface area contributed by atoms with E-state index in [9.17, 15) is 13.2 Å². The number of hydrogen-bond donors (Lipinski definition) is 2. The zero-order valence-electron chi connectivity index (χ0n) is 13.6. The SMILES string of the molecule is CCCC1(CNC(=O)C2(S(C)(=O)=O)CCNCC2)CCC1.Cl. The van der Waals surface area contributed by atoms with Gasteiger partial charge in [-0.05, 0) is 50.6 Å². The molecule has 7 heteroatoms. The van der Waals surface area contributed by atoms with Crippen LogP contribution in [0.25, 0.3) is 0 Å². The van der Waals surface area contributed by atoms with Gasteiger partial charge in [0.1, 0.15) is 0 Å². The molecule has 2 aliphatic rings. The number of piperidine rings is 1. The third-order valence-corrected chi connectivity index (χ3v) is 7.37. The number of hydrogen-bond acceptors (Lipinski definition) is 4. The molecule has 1 saturated carbocycles. The Labute approximate surface area is 140 Å². The molecule has 2 N–H and O–H groups in total. The van der Waals surface area contributed by atoms with Gasteiger partial charge in [0, 0.05) is 12.8 Å². The maximum absolute atomic E-state index is 12.6. The Kier molecular flexibility index (Phi) is 6.72. The van der Waals surface area contributed by atoms with Crippen LogP contribution in [0.4, 0.5) is 0 Å². The van der Waals surface area contributed by atoms with Gasteiger partial charge in [0.15, 0.2) is 14.6 Å². The van der Waals surface area contributed by atoms with Crippen molar-refractivity contribution in [2.75, 3.05) is 25.9 Å². The summed E-state index contributed by atoms with van der Waals surface area (Å²) in [4.78, 5) is 12.6. The first-order valence-electron chi connectivity index (χ1n) is 8.04. The average molecular weight is 353 g/mol. The van der Waals surface area contributed by atoms with Crippen LogP contribution in [0, 0.1) is 5.41 Å². The Morgan fingerprint density at radius 1 is 1.18 bits per heavy atom. The van der Waals surface area contributed by atoms with E-state index in [2.05, 4.69) is 17.6 Å². The molecule has 130 valence electrons. The van der Waals surface area contributed by atoms with Crippen LogP contribution in [0.2, 0.25) is 0 Å². The zero-order chi connectivity index (χ0) is 15.6. The molecule has 0 radical (unpaired) electrons. The summed E-state index contributed by atoms with van der Waals surface area (Å²) in [5.41, 5.74) is 0.218. The molecule has 0 atom stereocenters. The zero-order valence-corrected chi connectivity index (χ0v) is 15.2. The van der Waals surface area contributed by atoms with Gasteiger partial charge in [-0.3, -0.25) is 4.79 Å². The van der Waals surface area contributed by atoms with Crippen LogP contribution in [-0.4, -0.2) is 45.0 Å². The number of halogens is 1. The van der Waals surface area contributed by atoms with Crippen molar-refractivity contribution in [3.8, 4) is 0 Å². The van der Waals surface area contributed by atoms with E-state index >= 15 is 0 Å². The molecular weight excluding hydrogens is 324 g/mol. The number of carbonyl (C=O) groups is 1. The molecule has 22 heavy (non-hydrogen) atoms. The van der Waals surface area contributed by atoms with Crippen molar-refractivity contribution in [3.05, 3.63) is 0 Å². The lowest BCUT2D eigenvalue weighted by molar-refractivity contribution is -0.125. The Hall–Kier alpha value is -0.330. The quantitative estimate of drug-likeness (QED) is 0.762. The van der Waals surface area contributed by atoms with Gasteiger partial charge in [-0.2, -0.15) is 0 Å². The fraction of sp³-hybridized carbons (Fsp3) is 0.933. The van der Waals surface area contributed by atoms with E-state index in [4.69, 9.17) is 0 Å². The van der Waals surface area contributed by atoms with E-state index in [0.29, 0.717) is 32.5 Å². The van der Waals surface area contributed by atoms with Crippen molar-refractivity contribution in [2.45, 2.75) is 56.6 Å². The largest absolute Gasteiger partial charge is 0.354 e. The summed E-state index contributed by atoms with van der Waals surface area (Å²) in [6, 6.07) is 0. The van der Waals surface area contributed by atoms with E-state index in [-0.39, 0.29) is 23.7 Å². The molecule has 2 rings (SSSR count). The lowest BCUT2D eigenvalue weighted by Crippen LogP contribution is -2.58. The predicted molar refractivity (Wildman–Crippen MR) is 91.1 cm³/mol. The van der Waals surface area contributed by atoms with Crippen molar-refractivity contribution in [3.63, 3.8) is 0 Å². The fourth-order valence-corrected chi connectivity index (χ4v) is 5.10. The summed E-state index contributed by atoms with van der Waals surface area (Å²) in [6.07, 6.45) is 7.68. The van der Waals surface area contributed by atoms with Gasteiger partial charge in [-0.15, -0.1) is 12.4 Å². The predicted octanol–water partition coefficient (Wildman–Crippen LogP) is 1.66. The molecule has 0 aromatic carbocycles. The number of sulfone groups is 1. The first kappa shape index (κ1) is 19.7. The summed E-state index contributed by atoms with van der Waals surface area (Å²) in [5, 5.41) is 6.12. The van der Waals surface area contributed by atoms with E-state index in [1.165, 1.54) is 12.7 Å². The second-order valence-electron chi connectivity index (χ2n) is 6.80. The van der Waals surface area contributed by atoms with E-state index < -0.39 is 14.6 Å². The van der Waals surface area contributed by atoms with E-state index in [1.54, 1.807) is 0 Å². The molecule has 1 saturated heterocycles. The summed E-state index contributed by atoms with van der Waals surface area (Å²) in [6.45, 7) is 3.96. The van der Waals surface area contributed by atoms with Crippen LogP contribution in [0.1, 0.15) is 51.9 Å². The Morgan fingerprint density at radius 2 is 1.77 bits per heavy atom. The fourth-order valence-electron chi connectivity index (χ4n) is 3.75. The molecule has 2 fully saturated rings.